The van der Waals surface area contributed by atoms with E-state index in [-0.39, 0.29) is 31.0 Å². The van der Waals surface area contributed by atoms with E-state index in [4.69, 9.17) is 32.7 Å². The maximum absolute atomic E-state index is 13.3. The van der Waals surface area contributed by atoms with E-state index in [1.807, 2.05) is 0 Å². The molecule has 11 nitrogen and oxygen atoms in total. The van der Waals surface area contributed by atoms with E-state index in [2.05, 4.69) is 20.7 Å². The van der Waals surface area contributed by atoms with Crippen molar-refractivity contribution < 1.29 is 38.5 Å². The molecule has 0 saturated heterocycles. The van der Waals surface area contributed by atoms with Crippen LogP contribution in [0.25, 0.3) is 0 Å². The van der Waals surface area contributed by atoms with E-state index in [9.17, 15) is 24.3 Å². The summed E-state index contributed by atoms with van der Waals surface area (Å²) < 4.78 is 15.0. The number of aromatic hydroxyl groups is 1. The largest absolute Gasteiger partial charge is 0.514 e. The number of hydrogen-bond acceptors (Lipinski definition) is 9. The summed E-state index contributed by atoms with van der Waals surface area (Å²) >= 11 is 12.6. The summed E-state index contributed by atoms with van der Waals surface area (Å²) in [6.45, 7) is 6.18. The summed E-state index contributed by atoms with van der Waals surface area (Å²) in [6, 6.07) is 7.08. The number of benzene rings is 2. The lowest BCUT2D eigenvalue weighted by molar-refractivity contribution is -0.141. The number of methoxy groups -OCH3 is 1. The number of ether oxygens (including phenoxy) is 3. The Hall–Kier alpha value is -3.54. The van der Waals surface area contributed by atoms with Gasteiger partial charge in [-0.1, -0.05) is 35.3 Å². The van der Waals surface area contributed by atoms with Crippen LogP contribution < -0.4 is 20.7 Å². The molecule has 0 aliphatic carbocycles. The average Bonchev–Trinajstić information content (AvgIpc) is 2.85. The van der Waals surface area contributed by atoms with Gasteiger partial charge in [0.05, 0.1) is 13.2 Å². The molecule has 0 aromatic heterocycles. The Morgan fingerprint density at radius 2 is 1.68 bits per heavy atom. The van der Waals surface area contributed by atoms with Crippen molar-refractivity contribution in [3.8, 4) is 11.5 Å². The summed E-state index contributed by atoms with van der Waals surface area (Å²) in [7, 11) is 1.19. The molecular formula is C27H33Cl2N3O8. The molecule has 0 aliphatic rings. The summed E-state index contributed by atoms with van der Waals surface area (Å²) in [5.74, 6) is -2.03. The fraction of sp³-hybridized carbons (Fsp3) is 0.407. The first-order chi connectivity index (χ1) is 18.7. The molecule has 0 unspecified atom stereocenters. The molecule has 2 aromatic rings. The quantitative estimate of drug-likeness (QED) is 0.225. The zero-order chi connectivity index (χ0) is 30.0. The topological polar surface area (TPSA) is 152 Å². The molecule has 0 saturated carbocycles. The Bertz CT molecular complexity index is 1210. The second kappa shape index (κ2) is 14.7. The molecule has 13 heteroatoms. The number of carbonyl (C=O) groups excluding carboxylic acids is 4. The minimum absolute atomic E-state index is 0.0199. The highest BCUT2D eigenvalue weighted by Gasteiger charge is 2.26. The molecule has 2 rings (SSSR count). The lowest BCUT2D eigenvalue weighted by Crippen LogP contribution is -2.52. The van der Waals surface area contributed by atoms with Crippen LogP contribution in [-0.4, -0.2) is 60.4 Å². The zero-order valence-electron chi connectivity index (χ0n) is 22.8. The number of phenolic OH excluding ortho intramolecular Hbond substituents is 1. The van der Waals surface area contributed by atoms with Gasteiger partial charge < -0.3 is 35.3 Å². The number of amides is 2. The molecule has 0 bridgehead atoms. The van der Waals surface area contributed by atoms with Gasteiger partial charge in [-0.15, -0.1) is 0 Å². The van der Waals surface area contributed by atoms with Crippen molar-refractivity contribution in [1.82, 2.24) is 16.0 Å². The molecule has 0 fully saturated rings. The van der Waals surface area contributed by atoms with Crippen molar-refractivity contribution in [1.29, 1.82) is 0 Å². The van der Waals surface area contributed by atoms with Crippen molar-refractivity contribution in [3.63, 3.8) is 0 Å². The molecule has 0 spiro atoms. The predicted molar refractivity (Wildman–Crippen MR) is 148 cm³/mol. The molecule has 2 aromatic carbocycles. The van der Waals surface area contributed by atoms with Gasteiger partial charge in [0.2, 0.25) is 11.8 Å². The lowest BCUT2D eigenvalue weighted by atomic mass is 10.0. The van der Waals surface area contributed by atoms with Crippen LogP contribution in [0, 0.1) is 0 Å². The van der Waals surface area contributed by atoms with Gasteiger partial charge in [-0.05, 0) is 51.5 Å². The first-order valence-corrected chi connectivity index (χ1v) is 13.0. The van der Waals surface area contributed by atoms with Crippen molar-refractivity contribution in [2.45, 2.75) is 58.3 Å². The predicted octanol–water partition coefficient (Wildman–Crippen LogP) is 3.51. The van der Waals surface area contributed by atoms with Crippen LogP contribution in [-0.2, 0) is 36.8 Å². The number of halogens is 2. The van der Waals surface area contributed by atoms with E-state index in [0.717, 1.165) is 0 Å². The third-order valence-electron chi connectivity index (χ3n) is 5.35. The average molecular weight is 598 g/mol. The van der Waals surface area contributed by atoms with E-state index >= 15 is 0 Å². The van der Waals surface area contributed by atoms with Crippen LogP contribution in [0.1, 0.15) is 38.8 Å². The van der Waals surface area contributed by atoms with Gasteiger partial charge in [0.1, 0.15) is 29.7 Å². The number of hydrogen-bond donors (Lipinski definition) is 4. The molecule has 40 heavy (non-hydrogen) atoms. The SMILES string of the molecule is COC(=O)CNC(=O)[C@@H](C)NC(=O)[C@H](Cc1ccc(O)cc1OC(=O)OC(C)(C)C)NCc1c(Cl)cccc1Cl. The van der Waals surface area contributed by atoms with Crippen molar-refractivity contribution in [2.24, 2.45) is 0 Å². The highest BCUT2D eigenvalue weighted by Crippen LogP contribution is 2.28. The second-order valence-corrected chi connectivity index (χ2v) is 10.5. The first-order valence-electron chi connectivity index (χ1n) is 12.2. The van der Waals surface area contributed by atoms with E-state index in [0.29, 0.717) is 21.2 Å². The number of phenols is 1. The molecular weight excluding hydrogens is 565 g/mol. The lowest BCUT2D eigenvalue weighted by Gasteiger charge is -2.23. The van der Waals surface area contributed by atoms with Gasteiger partial charge in [0.25, 0.3) is 0 Å². The van der Waals surface area contributed by atoms with Gasteiger partial charge in [-0.25, -0.2) is 4.79 Å². The summed E-state index contributed by atoms with van der Waals surface area (Å²) in [5.41, 5.74) is 0.101. The number of nitrogens with one attached hydrogen (secondary N) is 3. The van der Waals surface area contributed by atoms with Crippen molar-refractivity contribution >= 4 is 47.1 Å². The Labute approximate surface area is 242 Å². The third kappa shape index (κ3) is 10.6. The Morgan fingerprint density at radius 1 is 1.02 bits per heavy atom. The highest BCUT2D eigenvalue weighted by molar-refractivity contribution is 6.36. The zero-order valence-corrected chi connectivity index (χ0v) is 24.3. The van der Waals surface area contributed by atoms with Gasteiger partial charge >= 0.3 is 12.1 Å². The summed E-state index contributed by atoms with van der Waals surface area (Å²) in [6.07, 6.45) is -1.03. The van der Waals surface area contributed by atoms with Crippen molar-refractivity contribution in [3.05, 3.63) is 57.6 Å². The fourth-order valence-corrected chi connectivity index (χ4v) is 3.87. The monoisotopic (exact) mass is 597 g/mol. The normalized spacial score (nSPS) is 12.6. The maximum atomic E-state index is 13.3. The Morgan fingerprint density at radius 3 is 2.27 bits per heavy atom. The van der Waals surface area contributed by atoms with Crippen LogP contribution in [0.5, 0.6) is 11.5 Å². The summed E-state index contributed by atoms with van der Waals surface area (Å²) in [4.78, 5) is 49.4. The highest BCUT2D eigenvalue weighted by atomic mass is 35.5. The van der Waals surface area contributed by atoms with Gasteiger partial charge in [0.15, 0.2) is 0 Å². The first kappa shape index (κ1) is 32.7. The van der Waals surface area contributed by atoms with Crippen LogP contribution >= 0.6 is 23.2 Å². The van der Waals surface area contributed by atoms with E-state index < -0.39 is 41.6 Å². The number of rotatable bonds is 11. The van der Waals surface area contributed by atoms with Gasteiger partial charge in [-0.3, -0.25) is 14.4 Å². The van der Waals surface area contributed by atoms with Gasteiger partial charge in [0, 0.05) is 34.6 Å². The number of carbonyl (C=O) groups is 4. The van der Waals surface area contributed by atoms with Crippen molar-refractivity contribution in [2.75, 3.05) is 13.7 Å². The Balaban J connectivity index is 2.29. The molecule has 0 heterocycles. The van der Waals surface area contributed by atoms with Crippen LogP contribution in [0.3, 0.4) is 0 Å². The van der Waals surface area contributed by atoms with E-state index in [1.54, 1.807) is 39.0 Å². The molecule has 4 N–H and O–H groups in total. The molecule has 0 radical (unpaired) electrons. The minimum atomic E-state index is -1.01. The molecule has 2 atom stereocenters. The molecule has 2 amide bonds. The number of esters is 1. The second-order valence-electron chi connectivity index (χ2n) is 9.72. The van der Waals surface area contributed by atoms with Crippen LogP contribution in [0.15, 0.2) is 36.4 Å². The van der Waals surface area contributed by atoms with E-state index in [1.165, 1.54) is 32.2 Å². The molecule has 218 valence electrons. The smallest absolute Gasteiger partial charge is 0.508 e. The van der Waals surface area contributed by atoms with Gasteiger partial charge in [-0.2, -0.15) is 0 Å². The third-order valence-corrected chi connectivity index (χ3v) is 6.06. The maximum Gasteiger partial charge on any atom is 0.514 e. The Kier molecular flexibility index (Phi) is 12.0. The standard InChI is InChI=1S/C27H33Cl2N3O8/c1-15(24(35)31-14-23(34)38-5)32-25(36)21(30-13-18-19(28)7-6-8-20(18)29)11-16-9-10-17(33)12-22(16)39-26(37)40-27(2,3)4/h6-10,12,15,21,30,33H,11,13-14H2,1-5H3,(H,31,35)(H,32,36)/t15-,21+/m1/s1. The summed E-state index contributed by atoms with van der Waals surface area (Å²) in [5, 5.41) is 18.8. The minimum Gasteiger partial charge on any atom is -0.508 e. The van der Waals surface area contributed by atoms with Crippen LogP contribution in [0.4, 0.5) is 4.79 Å². The molecule has 0 aliphatic heterocycles. The fourth-order valence-electron chi connectivity index (χ4n) is 3.34. The van der Waals surface area contributed by atoms with Crippen LogP contribution in [0.2, 0.25) is 10.0 Å².